The molecule has 1 aromatic rings. The van der Waals surface area contributed by atoms with Crippen LogP contribution in [0.5, 0.6) is 0 Å². The molecular formula is C15H20N2O2S2. The van der Waals surface area contributed by atoms with Crippen molar-refractivity contribution in [3.8, 4) is 0 Å². The maximum atomic E-state index is 11.8. The number of nitrogens with zero attached hydrogens (tertiary/aromatic N) is 2. The molecule has 0 unspecified atom stereocenters. The number of ether oxygens (including phenoxy) is 1. The molecule has 0 aromatic carbocycles. The zero-order valence-corrected chi connectivity index (χ0v) is 13.8. The van der Waals surface area contributed by atoms with E-state index in [0.29, 0.717) is 12.4 Å². The van der Waals surface area contributed by atoms with Crippen molar-refractivity contribution in [2.24, 2.45) is 0 Å². The van der Waals surface area contributed by atoms with Gasteiger partial charge in [0.05, 0.1) is 28.9 Å². The summed E-state index contributed by atoms with van der Waals surface area (Å²) < 4.78 is 6.23. The predicted molar refractivity (Wildman–Crippen MR) is 87.6 cm³/mol. The van der Waals surface area contributed by atoms with Gasteiger partial charge in [0.15, 0.2) is 0 Å². The fourth-order valence-electron chi connectivity index (χ4n) is 2.86. The van der Waals surface area contributed by atoms with Crippen molar-refractivity contribution < 1.29 is 9.53 Å². The minimum absolute atomic E-state index is 0.253. The van der Waals surface area contributed by atoms with Gasteiger partial charge >= 0.3 is 0 Å². The fraction of sp³-hybridized carbons (Fsp3) is 0.600. The first-order valence-corrected chi connectivity index (χ1v) is 9.51. The number of hydrogen-bond donors (Lipinski definition) is 0. The van der Waals surface area contributed by atoms with Crippen molar-refractivity contribution in [1.82, 2.24) is 9.88 Å². The first kappa shape index (κ1) is 15.2. The van der Waals surface area contributed by atoms with E-state index in [2.05, 4.69) is 4.98 Å². The van der Waals surface area contributed by atoms with Crippen LogP contribution >= 0.6 is 23.5 Å². The van der Waals surface area contributed by atoms with Crippen LogP contribution < -0.4 is 0 Å². The summed E-state index contributed by atoms with van der Waals surface area (Å²) in [5.74, 6) is 1.89. The number of thioether (sulfide) groups is 2. The number of likely N-dealkylation sites (tertiary alicyclic amines) is 1. The number of carbonyl (C=O) groups is 1. The summed E-state index contributed by atoms with van der Waals surface area (Å²) in [5.41, 5.74) is 0.980. The van der Waals surface area contributed by atoms with Crippen LogP contribution in [0.3, 0.4) is 0 Å². The van der Waals surface area contributed by atoms with E-state index in [1.165, 1.54) is 0 Å². The lowest BCUT2D eigenvalue weighted by Crippen LogP contribution is -2.61. The Balaban J connectivity index is 1.43. The lowest BCUT2D eigenvalue weighted by Gasteiger charge is -2.47. The lowest BCUT2D eigenvalue weighted by atomic mass is 9.93. The van der Waals surface area contributed by atoms with Crippen LogP contribution in [0.25, 0.3) is 0 Å². The second kappa shape index (κ2) is 6.58. The fourth-order valence-corrected chi connectivity index (χ4v) is 4.84. The Labute approximate surface area is 134 Å². The summed E-state index contributed by atoms with van der Waals surface area (Å²) in [7, 11) is 0. The number of rotatable bonds is 5. The van der Waals surface area contributed by atoms with E-state index in [4.69, 9.17) is 4.74 Å². The Morgan fingerprint density at radius 3 is 3.14 bits per heavy atom. The Hall–Kier alpha value is -0.720. The van der Waals surface area contributed by atoms with Crippen LogP contribution in [-0.4, -0.2) is 57.5 Å². The van der Waals surface area contributed by atoms with Crippen LogP contribution in [0, 0.1) is 0 Å². The molecule has 0 radical (unpaired) electrons. The molecule has 2 saturated heterocycles. The van der Waals surface area contributed by atoms with Crippen molar-refractivity contribution in [1.29, 1.82) is 0 Å². The molecule has 0 aliphatic carbocycles. The van der Waals surface area contributed by atoms with Crippen molar-refractivity contribution in [3.05, 3.63) is 30.1 Å². The first-order valence-electron chi connectivity index (χ1n) is 7.13. The smallest absolute Gasteiger partial charge is 0.232 e. The van der Waals surface area contributed by atoms with Gasteiger partial charge in [-0.15, -0.1) is 11.8 Å². The van der Waals surface area contributed by atoms with Gasteiger partial charge in [-0.3, -0.25) is 9.78 Å². The largest absolute Gasteiger partial charge is 0.371 e. The summed E-state index contributed by atoms with van der Waals surface area (Å²) in [4.78, 5) is 18.1. The summed E-state index contributed by atoms with van der Waals surface area (Å²) in [6.07, 6.45) is 5.10. The van der Waals surface area contributed by atoms with Gasteiger partial charge in [-0.2, -0.15) is 11.8 Å². The molecule has 3 heterocycles. The van der Waals surface area contributed by atoms with Gasteiger partial charge in [0, 0.05) is 25.0 Å². The molecule has 2 fully saturated rings. The molecule has 1 amide bonds. The first-order chi connectivity index (χ1) is 10.2. The Bertz CT molecular complexity index is 492. The molecule has 0 N–H and O–H groups in total. The average molecular weight is 324 g/mol. The normalized spacial score (nSPS) is 23.3. The third-order valence-electron chi connectivity index (χ3n) is 3.95. The maximum Gasteiger partial charge on any atom is 0.232 e. The molecule has 114 valence electrons. The number of hydrogen-bond acceptors (Lipinski definition) is 5. The molecule has 0 saturated carbocycles. The highest BCUT2D eigenvalue weighted by Gasteiger charge is 2.50. The van der Waals surface area contributed by atoms with Crippen LogP contribution in [0.4, 0.5) is 0 Å². The molecule has 0 bridgehead atoms. The number of pyridine rings is 1. The molecule has 1 spiro atoms. The summed E-state index contributed by atoms with van der Waals surface area (Å²) in [6.45, 7) is 2.36. The highest BCUT2D eigenvalue weighted by Crippen LogP contribution is 2.46. The average Bonchev–Trinajstić information content (AvgIpc) is 2.89. The van der Waals surface area contributed by atoms with E-state index >= 15 is 0 Å². The van der Waals surface area contributed by atoms with Gasteiger partial charge in [0.1, 0.15) is 0 Å². The number of carbonyl (C=O) groups excluding carboxylic acids is 1. The van der Waals surface area contributed by atoms with Crippen molar-refractivity contribution in [2.75, 3.05) is 30.9 Å². The maximum absolute atomic E-state index is 11.8. The molecule has 1 atom stereocenters. The molecule has 6 heteroatoms. The third-order valence-corrected chi connectivity index (χ3v) is 6.06. The van der Waals surface area contributed by atoms with Crippen molar-refractivity contribution in [3.63, 3.8) is 0 Å². The molecule has 3 rings (SSSR count). The van der Waals surface area contributed by atoms with Crippen LogP contribution in [0.15, 0.2) is 24.4 Å². The number of amides is 1. The SMILES string of the molecule is CSCC(=O)N1CC2(C[C@H](OCc3ccccn3)CS2)C1. The van der Waals surface area contributed by atoms with Gasteiger partial charge in [0.2, 0.25) is 5.91 Å². The van der Waals surface area contributed by atoms with E-state index < -0.39 is 0 Å². The molecule has 1 aromatic heterocycles. The van der Waals surface area contributed by atoms with Crippen LogP contribution in [-0.2, 0) is 16.1 Å². The second-order valence-electron chi connectivity index (χ2n) is 5.64. The monoisotopic (exact) mass is 324 g/mol. The summed E-state index contributed by atoms with van der Waals surface area (Å²) in [5, 5.41) is 0. The van der Waals surface area contributed by atoms with E-state index in [1.54, 1.807) is 18.0 Å². The predicted octanol–water partition coefficient (Wildman–Crippen LogP) is 2.05. The van der Waals surface area contributed by atoms with E-state index in [-0.39, 0.29) is 16.8 Å². The van der Waals surface area contributed by atoms with Crippen LogP contribution in [0.1, 0.15) is 12.1 Å². The molecular weight excluding hydrogens is 304 g/mol. The zero-order valence-electron chi connectivity index (χ0n) is 12.2. The van der Waals surface area contributed by atoms with E-state index in [9.17, 15) is 4.79 Å². The van der Waals surface area contributed by atoms with Crippen molar-refractivity contribution >= 4 is 29.4 Å². The third kappa shape index (κ3) is 3.55. The quantitative estimate of drug-likeness (QED) is 0.829. The Morgan fingerprint density at radius 2 is 2.43 bits per heavy atom. The number of aromatic nitrogens is 1. The summed E-state index contributed by atoms with van der Waals surface area (Å²) >= 11 is 3.56. The van der Waals surface area contributed by atoms with Gasteiger partial charge < -0.3 is 9.64 Å². The summed E-state index contributed by atoms with van der Waals surface area (Å²) in [6, 6.07) is 5.89. The Kier molecular flexibility index (Phi) is 4.76. The molecule has 2 aliphatic heterocycles. The molecule has 2 aliphatic rings. The van der Waals surface area contributed by atoms with Gasteiger partial charge in [-0.1, -0.05) is 6.07 Å². The molecule has 21 heavy (non-hydrogen) atoms. The Morgan fingerprint density at radius 1 is 1.57 bits per heavy atom. The minimum Gasteiger partial charge on any atom is -0.371 e. The van der Waals surface area contributed by atoms with E-state index in [1.807, 2.05) is 41.1 Å². The van der Waals surface area contributed by atoms with Crippen molar-refractivity contribution in [2.45, 2.75) is 23.9 Å². The molecule has 4 nitrogen and oxygen atoms in total. The lowest BCUT2D eigenvalue weighted by molar-refractivity contribution is -0.133. The van der Waals surface area contributed by atoms with Gasteiger partial charge in [-0.25, -0.2) is 0 Å². The minimum atomic E-state index is 0.253. The highest BCUT2D eigenvalue weighted by molar-refractivity contribution is 8.01. The highest BCUT2D eigenvalue weighted by atomic mass is 32.2. The van der Waals surface area contributed by atoms with Gasteiger partial charge in [-0.05, 0) is 24.8 Å². The van der Waals surface area contributed by atoms with Crippen LogP contribution in [0.2, 0.25) is 0 Å². The topological polar surface area (TPSA) is 42.4 Å². The standard InChI is InChI=1S/C15H20N2O2S2/c1-20-9-14(18)17-10-15(11-17)6-13(8-21-15)19-7-12-4-2-3-5-16-12/h2-5,13H,6-11H2,1H3/t13-/m0/s1. The van der Waals surface area contributed by atoms with Gasteiger partial charge in [0.25, 0.3) is 0 Å². The van der Waals surface area contributed by atoms with E-state index in [0.717, 1.165) is 31.0 Å². The zero-order chi connectivity index (χ0) is 14.7. The second-order valence-corrected chi connectivity index (χ2v) is 7.99.